The van der Waals surface area contributed by atoms with E-state index in [2.05, 4.69) is 4.90 Å². The summed E-state index contributed by atoms with van der Waals surface area (Å²) < 4.78 is 52.1. The van der Waals surface area contributed by atoms with Crippen LogP contribution < -0.4 is 4.74 Å². The molecule has 2 fully saturated rings. The van der Waals surface area contributed by atoms with E-state index in [0.29, 0.717) is 34.8 Å². The summed E-state index contributed by atoms with van der Waals surface area (Å²) in [5.41, 5.74) is 1.60. The fourth-order valence-electron chi connectivity index (χ4n) is 3.99. The number of nitrogens with zero attached hydrogens (tertiary/aromatic N) is 1. The zero-order valence-electron chi connectivity index (χ0n) is 18.8. The van der Waals surface area contributed by atoms with Gasteiger partial charge in [0.1, 0.15) is 17.7 Å². The van der Waals surface area contributed by atoms with Gasteiger partial charge < -0.3 is 14.9 Å². The van der Waals surface area contributed by atoms with Gasteiger partial charge in [0.25, 0.3) is 0 Å². The Morgan fingerprint density at radius 1 is 1.03 bits per heavy atom. The molecule has 1 aliphatic heterocycles. The zero-order valence-corrected chi connectivity index (χ0v) is 20.3. The Balaban J connectivity index is 0.000000454. The fraction of sp³-hybridized carbons (Fsp3) is 0.417. The number of aliphatic carboxylic acids is 1. The molecule has 1 saturated heterocycles. The average Bonchev–Trinajstić information content (AvgIpc) is 3.58. The van der Waals surface area contributed by atoms with E-state index in [9.17, 15) is 27.5 Å². The summed E-state index contributed by atoms with van der Waals surface area (Å²) in [7, 11) is 0. The average molecular weight is 552 g/mol. The number of hydrogen-bond donors (Lipinski definition) is 2. The lowest BCUT2D eigenvalue weighted by atomic mass is 9.98. The zero-order chi connectivity index (χ0) is 26.6. The van der Waals surface area contributed by atoms with E-state index in [0.717, 1.165) is 43.4 Å². The number of likely N-dealkylation sites (tertiary alicyclic amines) is 1. The van der Waals surface area contributed by atoms with Gasteiger partial charge in [-0.2, -0.15) is 13.2 Å². The maximum Gasteiger partial charge on any atom is 0.490 e. The Labute approximate surface area is 214 Å². The molecule has 0 bridgehead atoms. The minimum atomic E-state index is -5.08. The summed E-state index contributed by atoms with van der Waals surface area (Å²) in [5, 5.41) is 17.4. The third-order valence-corrected chi connectivity index (χ3v) is 6.15. The SMILES string of the molecule is O=C(O)C(F)(F)F.O=C(O)c1cc(C2CC2)c(CN2CCC[C@H](Oc3cc(Cl)cc(Cl)c3)C2)cc1F. The lowest BCUT2D eigenvalue weighted by Crippen LogP contribution is -2.40. The highest BCUT2D eigenvalue weighted by Gasteiger charge is 2.38. The van der Waals surface area contributed by atoms with E-state index in [1.165, 1.54) is 12.1 Å². The number of rotatable bonds is 6. The second kappa shape index (κ2) is 11.7. The first-order valence-corrected chi connectivity index (χ1v) is 11.8. The molecule has 0 spiro atoms. The van der Waals surface area contributed by atoms with Crippen molar-refractivity contribution in [1.82, 2.24) is 4.90 Å². The van der Waals surface area contributed by atoms with Crippen molar-refractivity contribution in [3.63, 3.8) is 0 Å². The van der Waals surface area contributed by atoms with Crippen molar-refractivity contribution < 1.29 is 42.1 Å². The highest BCUT2D eigenvalue weighted by atomic mass is 35.5. The number of halogens is 6. The molecule has 36 heavy (non-hydrogen) atoms. The second-order valence-electron chi connectivity index (χ2n) is 8.64. The minimum Gasteiger partial charge on any atom is -0.489 e. The summed E-state index contributed by atoms with van der Waals surface area (Å²) in [4.78, 5) is 22.4. The van der Waals surface area contributed by atoms with Gasteiger partial charge in [-0.15, -0.1) is 0 Å². The van der Waals surface area contributed by atoms with Crippen LogP contribution in [0.25, 0.3) is 0 Å². The quantitative estimate of drug-likeness (QED) is 0.405. The number of ether oxygens (including phenoxy) is 1. The summed E-state index contributed by atoms with van der Waals surface area (Å²) >= 11 is 12.1. The van der Waals surface area contributed by atoms with Crippen LogP contribution in [0.5, 0.6) is 5.75 Å². The van der Waals surface area contributed by atoms with E-state index >= 15 is 0 Å². The van der Waals surface area contributed by atoms with Gasteiger partial charge in [0.05, 0.1) is 5.56 Å². The van der Waals surface area contributed by atoms with Gasteiger partial charge in [-0.3, -0.25) is 4.90 Å². The van der Waals surface area contributed by atoms with Crippen molar-refractivity contribution in [1.29, 1.82) is 0 Å². The smallest absolute Gasteiger partial charge is 0.489 e. The molecule has 4 rings (SSSR count). The van der Waals surface area contributed by atoms with E-state index < -0.39 is 23.9 Å². The molecule has 2 aromatic carbocycles. The number of alkyl halides is 3. The van der Waals surface area contributed by atoms with Crippen LogP contribution in [-0.2, 0) is 11.3 Å². The first kappa shape index (κ1) is 28.0. The van der Waals surface area contributed by atoms with Crippen LogP contribution >= 0.6 is 23.2 Å². The molecule has 1 atom stereocenters. The molecule has 196 valence electrons. The van der Waals surface area contributed by atoms with E-state index in [-0.39, 0.29) is 11.7 Å². The Kier molecular flexibility index (Phi) is 9.08. The number of aromatic carboxylic acids is 1. The standard InChI is InChI=1S/C22H22Cl2FNO3.C2HF3O2/c23-15-7-16(24)9-18(8-15)29-17-2-1-5-26(12-17)11-14-6-21(25)20(22(27)28)10-19(14)13-3-4-13;3-2(4,5)1(6)7/h6-10,13,17H,1-5,11-12H2,(H,27,28);(H,6,7)/t17-;/m0./s1. The predicted molar refractivity (Wildman–Crippen MR) is 124 cm³/mol. The van der Waals surface area contributed by atoms with Gasteiger partial charge in [-0.25, -0.2) is 14.0 Å². The number of hydrogen-bond acceptors (Lipinski definition) is 4. The Hall–Kier alpha value is -2.56. The number of carboxylic acids is 2. The molecule has 2 N–H and O–H groups in total. The third-order valence-electron chi connectivity index (χ3n) is 5.71. The fourth-order valence-corrected chi connectivity index (χ4v) is 4.50. The minimum absolute atomic E-state index is 0.00852. The summed E-state index contributed by atoms with van der Waals surface area (Å²) in [6.45, 7) is 2.18. The van der Waals surface area contributed by atoms with E-state index in [4.69, 9.17) is 37.8 Å². The summed E-state index contributed by atoms with van der Waals surface area (Å²) in [6.07, 6.45) is -1.15. The topological polar surface area (TPSA) is 87.1 Å². The molecule has 2 aliphatic rings. The largest absolute Gasteiger partial charge is 0.490 e. The van der Waals surface area contributed by atoms with Crippen molar-refractivity contribution in [3.05, 3.63) is 62.9 Å². The highest BCUT2D eigenvalue weighted by molar-refractivity contribution is 6.34. The molecule has 0 aromatic heterocycles. The monoisotopic (exact) mass is 551 g/mol. The van der Waals surface area contributed by atoms with Crippen LogP contribution in [0, 0.1) is 5.82 Å². The second-order valence-corrected chi connectivity index (χ2v) is 9.51. The van der Waals surface area contributed by atoms with Crippen molar-refractivity contribution in [2.75, 3.05) is 13.1 Å². The molecule has 0 amide bonds. The first-order valence-electron chi connectivity index (χ1n) is 11.0. The van der Waals surface area contributed by atoms with Crippen LogP contribution in [0.1, 0.15) is 53.1 Å². The molecule has 12 heteroatoms. The third kappa shape index (κ3) is 7.97. The van der Waals surface area contributed by atoms with Gasteiger partial charge >= 0.3 is 18.1 Å². The molecule has 1 saturated carbocycles. The summed E-state index contributed by atoms with van der Waals surface area (Å²) in [6, 6.07) is 8.09. The maximum atomic E-state index is 14.3. The number of carbonyl (C=O) groups is 2. The molecule has 1 heterocycles. The van der Waals surface area contributed by atoms with Crippen LogP contribution in [-0.4, -0.2) is 52.4 Å². The predicted octanol–water partition coefficient (Wildman–Crippen LogP) is 6.38. The van der Waals surface area contributed by atoms with Crippen LogP contribution in [0.2, 0.25) is 10.0 Å². The molecule has 1 aliphatic carbocycles. The Morgan fingerprint density at radius 2 is 1.64 bits per heavy atom. The Bertz CT molecular complexity index is 1100. The Morgan fingerprint density at radius 3 is 2.17 bits per heavy atom. The van der Waals surface area contributed by atoms with Crippen LogP contribution in [0.15, 0.2) is 30.3 Å². The van der Waals surface area contributed by atoms with Gasteiger partial charge in [0, 0.05) is 23.1 Å². The number of benzene rings is 2. The first-order chi connectivity index (χ1) is 16.8. The molecule has 0 radical (unpaired) electrons. The van der Waals surface area contributed by atoms with Crippen molar-refractivity contribution in [3.8, 4) is 5.75 Å². The lowest BCUT2D eigenvalue weighted by Gasteiger charge is -2.33. The molecule has 2 aromatic rings. The van der Waals surface area contributed by atoms with Crippen molar-refractivity contribution in [2.24, 2.45) is 0 Å². The van der Waals surface area contributed by atoms with Crippen LogP contribution in [0.3, 0.4) is 0 Å². The van der Waals surface area contributed by atoms with Gasteiger partial charge in [0.15, 0.2) is 0 Å². The van der Waals surface area contributed by atoms with Gasteiger partial charge in [-0.05, 0) is 79.6 Å². The van der Waals surface area contributed by atoms with Crippen molar-refractivity contribution >= 4 is 35.1 Å². The normalized spacial score (nSPS) is 18.2. The van der Waals surface area contributed by atoms with E-state index in [1.807, 2.05) is 0 Å². The summed E-state index contributed by atoms with van der Waals surface area (Å²) in [5.74, 6) is -3.66. The molecule has 0 unspecified atom stereocenters. The molecular formula is C24H23Cl2F4NO5. The maximum absolute atomic E-state index is 14.3. The lowest BCUT2D eigenvalue weighted by molar-refractivity contribution is -0.192. The highest BCUT2D eigenvalue weighted by Crippen LogP contribution is 2.43. The van der Waals surface area contributed by atoms with E-state index in [1.54, 1.807) is 18.2 Å². The number of piperidine rings is 1. The van der Waals surface area contributed by atoms with Gasteiger partial charge in [-0.1, -0.05) is 23.2 Å². The van der Waals surface area contributed by atoms with Crippen LogP contribution in [0.4, 0.5) is 17.6 Å². The van der Waals surface area contributed by atoms with Crippen molar-refractivity contribution in [2.45, 2.75) is 50.4 Å². The van der Waals surface area contributed by atoms with Gasteiger partial charge in [0.2, 0.25) is 0 Å². The molecule has 6 nitrogen and oxygen atoms in total. The number of carboxylic acid groups (broad SMARTS) is 2. The molecular weight excluding hydrogens is 529 g/mol.